The summed E-state index contributed by atoms with van der Waals surface area (Å²) in [4.78, 5) is 0. The Morgan fingerprint density at radius 1 is 1.31 bits per heavy atom. The summed E-state index contributed by atoms with van der Waals surface area (Å²) in [6.07, 6.45) is 0.876. The molecule has 0 saturated carbocycles. The summed E-state index contributed by atoms with van der Waals surface area (Å²) < 4.78 is 13.2. The Morgan fingerprint density at radius 3 is 2.62 bits per heavy atom. The van der Waals surface area contributed by atoms with Gasteiger partial charge in [-0.2, -0.15) is 0 Å². The summed E-state index contributed by atoms with van der Waals surface area (Å²) >= 11 is 0. The minimum absolute atomic E-state index is 0.0791. The van der Waals surface area contributed by atoms with E-state index in [1.807, 2.05) is 13.0 Å². The van der Waals surface area contributed by atoms with Crippen LogP contribution in [0.1, 0.15) is 31.9 Å². The lowest BCUT2D eigenvalue weighted by Crippen LogP contribution is -2.29. The fourth-order valence-corrected chi connectivity index (χ4v) is 2.33. The molecule has 0 bridgehead atoms. The number of hydrogen-bond donors (Lipinski definition) is 1. The molecule has 1 unspecified atom stereocenters. The molecule has 0 amide bonds. The maximum atomic E-state index is 13.2. The summed E-state index contributed by atoms with van der Waals surface area (Å²) in [5.41, 5.74) is 10.8. The SMILES string of the molecule is CC1=C(C(N)C(C)C)Cc2ccc(F)cc21. The van der Waals surface area contributed by atoms with Gasteiger partial charge in [0.1, 0.15) is 5.82 Å². The first-order valence-electron chi connectivity index (χ1n) is 5.74. The number of hydrogen-bond acceptors (Lipinski definition) is 1. The van der Waals surface area contributed by atoms with E-state index in [9.17, 15) is 4.39 Å². The Balaban J connectivity index is 2.40. The minimum atomic E-state index is -0.169. The maximum absolute atomic E-state index is 13.2. The van der Waals surface area contributed by atoms with Crippen molar-refractivity contribution in [3.63, 3.8) is 0 Å². The molecule has 2 heteroatoms. The third-order valence-electron chi connectivity index (χ3n) is 3.46. The molecule has 1 atom stereocenters. The van der Waals surface area contributed by atoms with Crippen molar-refractivity contribution in [2.24, 2.45) is 11.7 Å². The predicted molar refractivity (Wildman–Crippen MR) is 65.5 cm³/mol. The number of benzene rings is 1. The summed E-state index contributed by atoms with van der Waals surface area (Å²) in [5.74, 6) is 0.251. The highest BCUT2D eigenvalue weighted by molar-refractivity contribution is 5.75. The molecule has 0 saturated heterocycles. The molecule has 0 heterocycles. The largest absolute Gasteiger partial charge is 0.324 e. The highest BCUT2D eigenvalue weighted by atomic mass is 19.1. The van der Waals surface area contributed by atoms with E-state index in [0.717, 1.165) is 17.6 Å². The van der Waals surface area contributed by atoms with Crippen molar-refractivity contribution in [3.05, 3.63) is 40.7 Å². The zero-order valence-electron chi connectivity index (χ0n) is 10.0. The van der Waals surface area contributed by atoms with Gasteiger partial charge in [0.25, 0.3) is 0 Å². The Labute approximate surface area is 96.2 Å². The van der Waals surface area contributed by atoms with Crippen LogP contribution in [0.2, 0.25) is 0 Å². The maximum Gasteiger partial charge on any atom is 0.123 e. The third-order valence-corrected chi connectivity index (χ3v) is 3.46. The average Bonchev–Trinajstić information content (AvgIpc) is 2.55. The minimum Gasteiger partial charge on any atom is -0.324 e. The molecule has 0 aromatic heterocycles. The van der Waals surface area contributed by atoms with Crippen molar-refractivity contribution in [2.75, 3.05) is 0 Å². The number of allylic oxidation sites excluding steroid dienone is 1. The van der Waals surface area contributed by atoms with Gasteiger partial charge < -0.3 is 5.73 Å². The fraction of sp³-hybridized carbons (Fsp3) is 0.429. The molecule has 1 aromatic rings. The second kappa shape index (κ2) is 4.02. The van der Waals surface area contributed by atoms with Gasteiger partial charge in [0.15, 0.2) is 0 Å². The summed E-state index contributed by atoms with van der Waals surface area (Å²) in [5, 5.41) is 0. The lowest BCUT2D eigenvalue weighted by atomic mass is 9.93. The zero-order chi connectivity index (χ0) is 11.9. The Hall–Kier alpha value is -1.15. The third kappa shape index (κ3) is 1.78. The summed E-state index contributed by atoms with van der Waals surface area (Å²) in [7, 11) is 0. The van der Waals surface area contributed by atoms with E-state index < -0.39 is 0 Å². The molecule has 1 nitrogen and oxygen atoms in total. The molecule has 2 rings (SSSR count). The molecule has 2 N–H and O–H groups in total. The van der Waals surface area contributed by atoms with Crippen LogP contribution < -0.4 is 5.73 Å². The lowest BCUT2D eigenvalue weighted by molar-refractivity contribution is 0.543. The summed E-state index contributed by atoms with van der Waals surface area (Å²) in [6.45, 7) is 6.28. The van der Waals surface area contributed by atoms with E-state index in [4.69, 9.17) is 5.73 Å². The molecule has 0 aliphatic heterocycles. The highest BCUT2D eigenvalue weighted by Crippen LogP contribution is 2.35. The second-order valence-electron chi connectivity index (χ2n) is 4.90. The number of halogens is 1. The fourth-order valence-electron chi connectivity index (χ4n) is 2.33. The molecule has 1 aliphatic carbocycles. The number of rotatable bonds is 2. The normalized spacial score (nSPS) is 16.9. The van der Waals surface area contributed by atoms with Gasteiger partial charge in [0.2, 0.25) is 0 Å². The van der Waals surface area contributed by atoms with Gasteiger partial charge in [-0.15, -0.1) is 0 Å². The van der Waals surface area contributed by atoms with Crippen molar-refractivity contribution < 1.29 is 4.39 Å². The van der Waals surface area contributed by atoms with Gasteiger partial charge >= 0.3 is 0 Å². The van der Waals surface area contributed by atoms with E-state index in [1.54, 1.807) is 6.07 Å². The van der Waals surface area contributed by atoms with E-state index >= 15 is 0 Å². The smallest absolute Gasteiger partial charge is 0.123 e. The van der Waals surface area contributed by atoms with Crippen molar-refractivity contribution in [1.29, 1.82) is 0 Å². The average molecular weight is 219 g/mol. The van der Waals surface area contributed by atoms with E-state index in [2.05, 4.69) is 13.8 Å². The van der Waals surface area contributed by atoms with Gasteiger partial charge in [-0.3, -0.25) is 0 Å². The quantitative estimate of drug-likeness (QED) is 0.812. The van der Waals surface area contributed by atoms with Crippen molar-refractivity contribution in [3.8, 4) is 0 Å². The molecule has 86 valence electrons. The van der Waals surface area contributed by atoms with Crippen molar-refractivity contribution in [1.82, 2.24) is 0 Å². The monoisotopic (exact) mass is 219 g/mol. The Bertz CT molecular complexity index is 446. The van der Waals surface area contributed by atoms with Gasteiger partial charge in [-0.25, -0.2) is 4.39 Å². The highest BCUT2D eigenvalue weighted by Gasteiger charge is 2.24. The molecular formula is C14H18FN. The van der Waals surface area contributed by atoms with Gasteiger partial charge in [-0.1, -0.05) is 19.9 Å². The van der Waals surface area contributed by atoms with Crippen LogP contribution in [0, 0.1) is 11.7 Å². The summed E-state index contributed by atoms with van der Waals surface area (Å²) in [6, 6.07) is 5.09. The van der Waals surface area contributed by atoms with Crippen LogP contribution >= 0.6 is 0 Å². The molecule has 1 aromatic carbocycles. The van der Waals surface area contributed by atoms with Crippen LogP contribution in [0.5, 0.6) is 0 Å². The van der Waals surface area contributed by atoms with Crippen LogP contribution in [0.3, 0.4) is 0 Å². The molecule has 1 aliphatic rings. The molecule has 0 fully saturated rings. The first-order chi connectivity index (χ1) is 7.50. The molecular weight excluding hydrogens is 201 g/mol. The van der Waals surface area contributed by atoms with E-state index in [-0.39, 0.29) is 11.9 Å². The Morgan fingerprint density at radius 2 is 2.00 bits per heavy atom. The standard InChI is InChI=1S/C14H18FN/c1-8(2)14(16)13-6-10-4-5-11(15)7-12(10)9(13)3/h4-5,7-8,14H,6,16H2,1-3H3. The van der Waals surface area contributed by atoms with Crippen LogP contribution in [-0.2, 0) is 6.42 Å². The first-order valence-corrected chi connectivity index (χ1v) is 5.74. The van der Waals surface area contributed by atoms with Crippen LogP contribution in [0.15, 0.2) is 23.8 Å². The van der Waals surface area contributed by atoms with E-state index in [0.29, 0.717) is 5.92 Å². The topological polar surface area (TPSA) is 26.0 Å². The lowest BCUT2D eigenvalue weighted by Gasteiger charge is -2.18. The van der Waals surface area contributed by atoms with E-state index in [1.165, 1.54) is 17.2 Å². The van der Waals surface area contributed by atoms with Gasteiger partial charge in [0.05, 0.1) is 0 Å². The van der Waals surface area contributed by atoms with Gasteiger partial charge in [-0.05, 0) is 53.7 Å². The number of nitrogens with two attached hydrogens (primary N) is 1. The predicted octanol–water partition coefficient (Wildman–Crippen LogP) is 3.14. The number of fused-ring (bicyclic) bond motifs is 1. The second-order valence-corrected chi connectivity index (χ2v) is 4.90. The zero-order valence-corrected chi connectivity index (χ0v) is 10.0. The van der Waals surface area contributed by atoms with Crippen LogP contribution in [0.25, 0.3) is 5.57 Å². The van der Waals surface area contributed by atoms with Crippen LogP contribution in [-0.4, -0.2) is 6.04 Å². The molecule has 16 heavy (non-hydrogen) atoms. The molecule has 0 radical (unpaired) electrons. The Kier molecular flexibility index (Phi) is 2.85. The first kappa shape index (κ1) is 11.3. The molecule has 0 spiro atoms. The van der Waals surface area contributed by atoms with Crippen molar-refractivity contribution in [2.45, 2.75) is 33.2 Å². The van der Waals surface area contributed by atoms with Crippen molar-refractivity contribution >= 4 is 5.57 Å². The van der Waals surface area contributed by atoms with Crippen LogP contribution in [0.4, 0.5) is 4.39 Å². The van der Waals surface area contributed by atoms with Gasteiger partial charge in [0, 0.05) is 6.04 Å².